The Morgan fingerprint density at radius 2 is 1.25 bits per heavy atom. The minimum atomic E-state index is -5.15. The third kappa shape index (κ3) is 9.60. The number of benzene rings is 4. The Morgan fingerprint density at radius 1 is 0.784 bits per heavy atom. The molecular formula is C39H38BrF4N3O3S. The summed E-state index contributed by atoms with van der Waals surface area (Å²) in [6.45, 7) is 1.34. The predicted molar refractivity (Wildman–Crippen MR) is 196 cm³/mol. The highest BCUT2D eigenvalue weighted by atomic mass is 79.9. The predicted octanol–water partition coefficient (Wildman–Crippen LogP) is 6.99. The smallest absolute Gasteiger partial charge is 0.384 e. The van der Waals surface area contributed by atoms with Crippen LogP contribution in [0.25, 0.3) is 0 Å². The van der Waals surface area contributed by atoms with Crippen molar-refractivity contribution < 1.29 is 32.3 Å². The van der Waals surface area contributed by atoms with Crippen LogP contribution in [0, 0.1) is 11.8 Å². The fourth-order valence-corrected chi connectivity index (χ4v) is 7.62. The first-order valence-electron chi connectivity index (χ1n) is 15.9. The van der Waals surface area contributed by atoms with Gasteiger partial charge in [-0.3, -0.25) is 14.9 Å². The van der Waals surface area contributed by atoms with Crippen LogP contribution in [0.3, 0.4) is 0 Å². The van der Waals surface area contributed by atoms with E-state index in [1.54, 1.807) is 0 Å². The number of thioether (sulfide) groups is 1. The largest absolute Gasteiger partial charge is 0.422 e. The van der Waals surface area contributed by atoms with Crippen molar-refractivity contribution in [2.45, 2.75) is 54.5 Å². The topological polar surface area (TPSA) is 104 Å². The zero-order chi connectivity index (χ0) is 37.3. The van der Waals surface area contributed by atoms with Crippen molar-refractivity contribution >= 4 is 39.5 Å². The second-order valence-corrected chi connectivity index (χ2v) is 14.5. The summed E-state index contributed by atoms with van der Waals surface area (Å²) in [7, 11) is 0. The highest BCUT2D eigenvalue weighted by molar-refractivity contribution is 9.10. The molecule has 4 aromatic rings. The summed E-state index contributed by atoms with van der Waals surface area (Å²) >= 11 is 4.52. The number of alkyl halides is 4. The van der Waals surface area contributed by atoms with E-state index in [0.717, 1.165) is 42.7 Å². The summed E-state index contributed by atoms with van der Waals surface area (Å²) in [6.07, 6.45) is -5.88. The van der Waals surface area contributed by atoms with E-state index in [0.29, 0.717) is 4.47 Å². The third-order valence-corrected chi connectivity index (χ3v) is 10.3. The van der Waals surface area contributed by atoms with Gasteiger partial charge in [0, 0.05) is 16.6 Å². The number of nitrogens with two attached hydrogens (primary N) is 1. The normalized spacial score (nSPS) is 14.4. The molecule has 0 spiro atoms. The Hall–Kier alpha value is -4.15. The van der Waals surface area contributed by atoms with Gasteiger partial charge in [-0.25, -0.2) is 4.39 Å². The van der Waals surface area contributed by atoms with Gasteiger partial charge in [-0.05, 0) is 48.2 Å². The van der Waals surface area contributed by atoms with Crippen LogP contribution in [0.2, 0.25) is 0 Å². The van der Waals surface area contributed by atoms with Gasteiger partial charge in [0.15, 0.2) is 0 Å². The molecule has 0 bridgehead atoms. The van der Waals surface area contributed by atoms with Crippen LogP contribution in [0.15, 0.2) is 120 Å². The quantitative estimate of drug-likeness (QED) is 0.0628. The molecule has 51 heavy (non-hydrogen) atoms. The van der Waals surface area contributed by atoms with Crippen LogP contribution in [0.5, 0.6) is 0 Å². The molecule has 0 saturated carbocycles. The van der Waals surface area contributed by atoms with Crippen LogP contribution in [-0.4, -0.2) is 53.2 Å². The lowest BCUT2D eigenvalue weighted by Crippen LogP contribution is -2.62. The fraction of sp³-hybridized carbons (Fsp3) is 0.282. The first-order valence-corrected chi connectivity index (χ1v) is 17.7. The molecule has 6 nitrogen and oxygen atoms in total. The van der Waals surface area contributed by atoms with E-state index in [-0.39, 0.29) is 5.75 Å². The molecule has 4 rings (SSSR count). The molecule has 0 radical (unpaired) electrons. The number of amides is 2. The standard InChI is InChI=1S/C39H38BrF4N3O3S/c1-36(2,41)25-32(47-37(23-12-24-48,39(42,43)44)27-19-21-31(40)22-20-27)35(50)46-33(34(45)49)26-51-38(28-13-6-3-7-14-28,29-15-8-4-9-16-29)30-17-10-5-11-18-30/h3-11,13-22,32-33,47-48H,24-26H2,1-2H3,(H2,45,49)(H,46,50)/t32-,33-,37-/m0/s1. The summed E-state index contributed by atoms with van der Waals surface area (Å²) in [5.41, 5.74) is 2.69. The second kappa shape index (κ2) is 16.9. The Kier molecular flexibility index (Phi) is 13.1. The van der Waals surface area contributed by atoms with Gasteiger partial charge in [0.05, 0.1) is 10.8 Å². The van der Waals surface area contributed by atoms with E-state index in [4.69, 9.17) is 5.73 Å². The van der Waals surface area contributed by atoms with E-state index < -0.39 is 64.6 Å². The summed E-state index contributed by atoms with van der Waals surface area (Å²) < 4.78 is 60.2. The SMILES string of the molecule is CC(C)(F)C[C@H](N[C@@](C#CCO)(c1ccc(Br)cc1)C(F)(F)F)C(=O)N[C@@H](CSC(c1ccccc1)(c1ccccc1)c1ccccc1)C(N)=O. The number of hydrogen-bond acceptors (Lipinski definition) is 5. The van der Waals surface area contributed by atoms with Crippen molar-refractivity contribution in [3.63, 3.8) is 0 Å². The maximum absolute atomic E-state index is 15.3. The van der Waals surface area contributed by atoms with Crippen molar-refractivity contribution in [1.82, 2.24) is 10.6 Å². The number of aliphatic hydroxyl groups excluding tert-OH is 1. The number of aliphatic hydroxyl groups is 1. The summed E-state index contributed by atoms with van der Waals surface area (Å²) in [4.78, 5) is 27.0. The van der Waals surface area contributed by atoms with Gasteiger partial charge in [-0.15, -0.1) is 11.8 Å². The van der Waals surface area contributed by atoms with Gasteiger partial charge < -0.3 is 16.2 Å². The summed E-state index contributed by atoms with van der Waals surface area (Å²) in [5, 5.41) is 14.2. The van der Waals surface area contributed by atoms with Crippen molar-refractivity contribution in [2.75, 3.05) is 12.4 Å². The molecule has 0 aliphatic carbocycles. The Labute approximate surface area is 307 Å². The van der Waals surface area contributed by atoms with Crippen LogP contribution in [-0.2, 0) is 19.9 Å². The molecular weight excluding hydrogens is 746 g/mol. The van der Waals surface area contributed by atoms with E-state index in [2.05, 4.69) is 38.4 Å². The van der Waals surface area contributed by atoms with Crippen LogP contribution < -0.4 is 16.4 Å². The number of primary amides is 1. The highest BCUT2D eigenvalue weighted by Crippen LogP contribution is 2.48. The second-order valence-electron chi connectivity index (χ2n) is 12.4. The zero-order valence-corrected chi connectivity index (χ0v) is 30.3. The minimum absolute atomic E-state index is 0.104. The van der Waals surface area contributed by atoms with E-state index in [1.807, 2.05) is 91.0 Å². The lowest BCUT2D eigenvalue weighted by molar-refractivity contribution is -0.185. The molecule has 3 atom stereocenters. The minimum Gasteiger partial charge on any atom is -0.384 e. The van der Waals surface area contributed by atoms with Gasteiger partial charge >= 0.3 is 6.18 Å². The molecule has 268 valence electrons. The van der Waals surface area contributed by atoms with Gasteiger partial charge in [0.25, 0.3) is 0 Å². The molecule has 12 heteroatoms. The Morgan fingerprint density at radius 3 is 1.65 bits per heavy atom. The monoisotopic (exact) mass is 783 g/mol. The molecule has 0 aliphatic rings. The number of carbonyl (C=O) groups is 2. The third-order valence-electron chi connectivity index (χ3n) is 8.12. The van der Waals surface area contributed by atoms with E-state index in [9.17, 15) is 14.7 Å². The van der Waals surface area contributed by atoms with Crippen molar-refractivity contribution in [2.24, 2.45) is 5.73 Å². The number of halogens is 5. The first kappa shape index (κ1) is 39.6. The Balaban J connectivity index is 1.76. The number of carbonyl (C=O) groups excluding carboxylic acids is 2. The molecule has 0 saturated heterocycles. The Bertz CT molecular complexity index is 1720. The molecule has 0 unspecified atom stereocenters. The number of hydrogen-bond donors (Lipinski definition) is 4. The molecule has 0 aliphatic heterocycles. The van der Waals surface area contributed by atoms with Gasteiger partial charge in [0.1, 0.15) is 18.3 Å². The van der Waals surface area contributed by atoms with Crippen LogP contribution in [0.1, 0.15) is 42.5 Å². The van der Waals surface area contributed by atoms with Crippen molar-refractivity contribution in [3.8, 4) is 11.8 Å². The fourth-order valence-electron chi connectivity index (χ4n) is 5.78. The maximum atomic E-state index is 15.3. The molecule has 0 fully saturated rings. The molecule has 0 aromatic heterocycles. The summed E-state index contributed by atoms with van der Waals surface area (Å²) in [5.74, 6) is 1.99. The molecule has 0 heterocycles. The first-order chi connectivity index (χ1) is 24.1. The summed E-state index contributed by atoms with van der Waals surface area (Å²) in [6, 6.07) is 30.4. The van der Waals surface area contributed by atoms with Crippen LogP contribution in [0.4, 0.5) is 17.6 Å². The van der Waals surface area contributed by atoms with E-state index >= 15 is 17.6 Å². The maximum Gasteiger partial charge on any atom is 0.422 e. The van der Waals surface area contributed by atoms with E-state index in [1.165, 1.54) is 23.9 Å². The van der Waals surface area contributed by atoms with Crippen LogP contribution >= 0.6 is 27.7 Å². The van der Waals surface area contributed by atoms with Gasteiger partial charge in [0.2, 0.25) is 17.4 Å². The number of nitrogens with one attached hydrogen (secondary N) is 2. The lowest BCUT2D eigenvalue weighted by Gasteiger charge is -2.38. The highest BCUT2D eigenvalue weighted by Gasteiger charge is 2.57. The van der Waals surface area contributed by atoms with Gasteiger partial charge in [-0.2, -0.15) is 13.2 Å². The average Bonchev–Trinajstić information content (AvgIpc) is 3.10. The van der Waals surface area contributed by atoms with Crippen molar-refractivity contribution in [3.05, 3.63) is 142 Å². The molecule has 2 amide bonds. The number of rotatable bonds is 14. The lowest BCUT2D eigenvalue weighted by atomic mass is 9.84. The van der Waals surface area contributed by atoms with Crippen molar-refractivity contribution in [1.29, 1.82) is 0 Å². The molecule has 5 N–H and O–H groups in total. The molecule has 4 aromatic carbocycles. The zero-order valence-electron chi connectivity index (χ0n) is 27.9. The van der Waals surface area contributed by atoms with Gasteiger partial charge in [-0.1, -0.05) is 131 Å². The average molecular weight is 785 g/mol.